The van der Waals surface area contributed by atoms with Crippen molar-refractivity contribution in [2.24, 2.45) is 38.8 Å². The van der Waals surface area contributed by atoms with E-state index in [-0.39, 0.29) is 76.0 Å². The number of carboxylic acid groups (broad SMARTS) is 2. The van der Waals surface area contributed by atoms with Gasteiger partial charge in [0.15, 0.2) is 11.9 Å². The molecule has 8 amide bonds. The number of hydrogen-bond acceptors (Lipinski definition) is 13. The van der Waals surface area contributed by atoms with Gasteiger partial charge in [0.05, 0.1) is 19.0 Å². The number of hydrogen-bond donors (Lipinski definition) is 14. The number of nitrogens with one attached hydrogen (secondary N) is 8. The summed E-state index contributed by atoms with van der Waals surface area (Å²) in [5.41, 5.74) is 22.4. The van der Waals surface area contributed by atoms with Crippen LogP contribution in [0.5, 0.6) is 0 Å². The van der Waals surface area contributed by atoms with Gasteiger partial charge < -0.3 is 80.6 Å². The highest BCUT2D eigenvalue weighted by molar-refractivity contribution is 5.98. The van der Waals surface area contributed by atoms with E-state index in [0.29, 0.717) is 19.4 Å². The van der Waals surface area contributed by atoms with Crippen LogP contribution in [0.15, 0.2) is 40.3 Å². The number of benzene rings is 1. The molecule has 0 aliphatic carbocycles. The number of aliphatic imine (C=N–C) groups is 2. The Hall–Kier alpha value is -7.58. The largest absolute Gasteiger partial charge is 0.481 e. The lowest BCUT2D eigenvalue weighted by Gasteiger charge is -2.28. The van der Waals surface area contributed by atoms with Gasteiger partial charge in [-0.1, -0.05) is 44.2 Å². The normalized spacial score (nSPS) is 17.6. The zero-order chi connectivity index (χ0) is 53.5. The molecule has 8 atom stereocenters. The minimum Gasteiger partial charge on any atom is -0.481 e. The van der Waals surface area contributed by atoms with Gasteiger partial charge in [0, 0.05) is 26.1 Å². The van der Waals surface area contributed by atoms with Gasteiger partial charge in [-0.3, -0.25) is 53.1 Å². The number of carboxylic acids is 2. The molecular weight excluding hydrogens is 943 g/mol. The topological polar surface area (TPSA) is 439 Å². The maximum absolute atomic E-state index is 13.9. The maximum Gasteiger partial charge on any atom is 0.326 e. The second-order valence-electron chi connectivity index (χ2n) is 17.8. The molecule has 0 bridgehead atoms. The first-order valence-electron chi connectivity index (χ1n) is 23.8. The van der Waals surface area contributed by atoms with Crippen molar-refractivity contribution >= 4 is 71.1 Å². The summed E-state index contributed by atoms with van der Waals surface area (Å²) < 4.78 is 0. The van der Waals surface area contributed by atoms with E-state index in [9.17, 15) is 58.2 Å². The molecule has 1 aromatic carbocycles. The molecule has 0 spiro atoms. The SMILES string of the molecule is CC(C)[C@H](NC(=O)[C@H](C)NC(=O)[C@H](Cc1ccccc1)NC(=O)[C@@H]1CCCN1)C(=O)N[C@@H](CCCN=C(N)N)C(=O)NCC(=O)N[C@@H](CC(=O)O)C(=O)N[C@@H](CCCN=C(N)N)C(=O)N1CCC[C@H]1C(=O)O. The summed E-state index contributed by atoms with van der Waals surface area (Å²) in [7, 11) is 0. The lowest BCUT2D eigenvalue weighted by molar-refractivity contribution is -0.149. The van der Waals surface area contributed by atoms with E-state index in [2.05, 4.69) is 52.5 Å². The van der Waals surface area contributed by atoms with Crippen molar-refractivity contribution in [2.75, 3.05) is 32.7 Å². The fourth-order valence-corrected chi connectivity index (χ4v) is 7.91. The molecule has 2 aliphatic rings. The van der Waals surface area contributed by atoms with Gasteiger partial charge in [-0.05, 0) is 76.3 Å². The van der Waals surface area contributed by atoms with Crippen LogP contribution in [0.3, 0.4) is 0 Å². The lowest BCUT2D eigenvalue weighted by atomic mass is 10.0. The fraction of sp³-hybridized carbons (Fsp3) is 0.600. The zero-order valence-electron chi connectivity index (χ0n) is 40.8. The number of likely N-dealkylation sites (tertiary alicyclic amines) is 1. The molecular formula is C45H71N15O12. The maximum atomic E-state index is 13.9. The molecule has 0 unspecified atom stereocenters. The third-order valence-electron chi connectivity index (χ3n) is 11.7. The Bertz CT molecular complexity index is 2130. The second-order valence-corrected chi connectivity index (χ2v) is 17.8. The van der Waals surface area contributed by atoms with Gasteiger partial charge in [-0.2, -0.15) is 0 Å². The Balaban J connectivity index is 1.71. The number of guanidine groups is 2. The molecule has 2 saturated heterocycles. The summed E-state index contributed by atoms with van der Waals surface area (Å²) in [6.45, 7) is 4.64. The Morgan fingerprint density at radius 2 is 1.31 bits per heavy atom. The molecule has 0 radical (unpaired) electrons. The van der Waals surface area contributed by atoms with E-state index >= 15 is 0 Å². The molecule has 2 aliphatic heterocycles. The molecule has 0 aromatic heterocycles. The van der Waals surface area contributed by atoms with Crippen LogP contribution in [0, 0.1) is 5.92 Å². The third-order valence-corrected chi connectivity index (χ3v) is 11.7. The van der Waals surface area contributed by atoms with Gasteiger partial charge in [0.2, 0.25) is 47.3 Å². The Labute approximate surface area is 416 Å². The van der Waals surface area contributed by atoms with E-state index in [1.54, 1.807) is 38.1 Å². The number of carbonyl (C=O) groups is 10. The summed E-state index contributed by atoms with van der Waals surface area (Å²) in [4.78, 5) is 141. The number of carbonyl (C=O) groups excluding carboxylic acids is 8. The monoisotopic (exact) mass is 1010 g/mol. The van der Waals surface area contributed by atoms with Gasteiger partial charge in [0.25, 0.3) is 0 Å². The second kappa shape index (κ2) is 29.6. The average molecular weight is 1010 g/mol. The van der Waals surface area contributed by atoms with Crippen LogP contribution in [0.4, 0.5) is 0 Å². The number of rotatable bonds is 29. The minimum atomic E-state index is -1.78. The molecule has 0 saturated carbocycles. The van der Waals surface area contributed by atoms with Gasteiger partial charge in [-0.15, -0.1) is 0 Å². The van der Waals surface area contributed by atoms with E-state index < -0.39 is 121 Å². The molecule has 1 aromatic rings. The van der Waals surface area contributed by atoms with E-state index in [0.717, 1.165) is 16.9 Å². The van der Waals surface area contributed by atoms with Crippen LogP contribution < -0.4 is 65.5 Å². The number of amides is 8. The molecule has 18 N–H and O–H groups in total. The molecule has 72 heavy (non-hydrogen) atoms. The van der Waals surface area contributed by atoms with Crippen molar-refractivity contribution in [2.45, 2.75) is 133 Å². The fourth-order valence-electron chi connectivity index (χ4n) is 7.91. The first-order chi connectivity index (χ1) is 34.1. The zero-order valence-corrected chi connectivity index (χ0v) is 40.8. The highest BCUT2D eigenvalue weighted by atomic mass is 16.4. The number of aliphatic carboxylic acids is 2. The standard InChI is InChI=1S/C45H71N15O12/c1-24(2)35(59-36(64)25(3)54-39(67)30(21-26-11-5-4-6-12-26)58-38(66)27-13-7-17-50-27)41(69)56-28(14-8-18-51-44(46)47)37(65)53-23-33(61)55-31(22-34(62)63)40(68)57-29(15-9-19-52-45(48)49)42(70)60-20-10-16-32(60)43(71)72/h4-6,11-12,24-25,27-32,35,50H,7-10,13-23H2,1-3H3,(H,53,65)(H,54,67)(H,55,61)(H,56,69)(H,57,68)(H,58,66)(H,59,64)(H,62,63)(H,71,72)(H4,46,47,51)(H4,48,49,52)/t25-,27-,28-,29-,30-,31-,32-,35-/m0/s1. The van der Waals surface area contributed by atoms with Crippen LogP contribution in [-0.4, -0.2) is 167 Å². The Morgan fingerprint density at radius 3 is 1.88 bits per heavy atom. The first kappa shape index (κ1) is 58.7. The van der Waals surface area contributed by atoms with E-state index in [1.807, 2.05) is 6.07 Å². The lowest BCUT2D eigenvalue weighted by Crippen LogP contribution is -2.59. The van der Waals surface area contributed by atoms with Crippen LogP contribution in [0.1, 0.15) is 84.1 Å². The van der Waals surface area contributed by atoms with Crippen LogP contribution in [-0.2, 0) is 54.4 Å². The van der Waals surface area contributed by atoms with Crippen molar-refractivity contribution in [3.8, 4) is 0 Å². The molecule has 27 heteroatoms. The van der Waals surface area contributed by atoms with Crippen molar-refractivity contribution < 1.29 is 58.2 Å². The van der Waals surface area contributed by atoms with E-state index in [4.69, 9.17) is 22.9 Å². The van der Waals surface area contributed by atoms with Gasteiger partial charge in [-0.25, -0.2) is 4.79 Å². The average Bonchev–Trinajstić information content (AvgIpc) is 4.05. The Morgan fingerprint density at radius 1 is 0.694 bits per heavy atom. The van der Waals surface area contributed by atoms with Crippen LogP contribution in [0.25, 0.3) is 0 Å². The van der Waals surface area contributed by atoms with Crippen molar-refractivity contribution in [1.29, 1.82) is 0 Å². The number of nitrogens with two attached hydrogens (primary N) is 4. The van der Waals surface area contributed by atoms with Gasteiger partial charge in [0.1, 0.15) is 42.3 Å². The third kappa shape index (κ3) is 20.0. The predicted molar refractivity (Wildman–Crippen MR) is 261 cm³/mol. The minimum absolute atomic E-state index is 0.0331. The molecule has 398 valence electrons. The molecule has 2 heterocycles. The summed E-state index contributed by atoms with van der Waals surface area (Å²) >= 11 is 0. The summed E-state index contributed by atoms with van der Waals surface area (Å²) in [5.74, 6) is -10.2. The Kier molecular flexibility index (Phi) is 24.1. The van der Waals surface area contributed by atoms with Crippen molar-refractivity contribution in [3.05, 3.63) is 35.9 Å². The highest BCUT2D eigenvalue weighted by Gasteiger charge is 2.39. The summed E-state index contributed by atoms with van der Waals surface area (Å²) in [5, 5.41) is 40.0. The number of nitrogens with zero attached hydrogens (tertiary/aromatic N) is 3. The highest BCUT2D eigenvalue weighted by Crippen LogP contribution is 2.20. The smallest absolute Gasteiger partial charge is 0.326 e. The summed E-state index contributed by atoms with van der Waals surface area (Å²) in [6, 6.07) is -0.662. The van der Waals surface area contributed by atoms with Crippen molar-refractivity contribution in [1.82, 2.24) is 47.4 Å². The van der Waals surface area contributed by atoms with Gasteiger partial charge >= 0.3 is 11.9 Å². The molecule has 2 fully saturated rings. The summed E-state index contributed by atoms with van der Waals surface area (Å²) in [6.07, 6.45) is 1.24. The predicted octanol–water partition coefficient (Wildman–Crippen LogP) is -4.66. The molecule has 3 rings (SSSR count). The van der Waals surface area contributed by atoms with Crippen LogP contribution >= 0.6 is 0 Å². The van der Waals surface area contributed by atoms with Crippen molar-refractivity contribution in [3.63, 3.8) is 0 Å². The first-order valence-corrected chi connectivity index (χ1v) is 23.8. The van der Waals surface area contributed by atoms with Crippen LogP contribution in [0.2, 0.25) is 0 Å². The molecule has 27 nitrogen and oxygen atoms in total. The van der Waals surface area contributed by atoms with E-state index in [1.165, 1.54) is 6.92 Å². The quantitative estimate of drug-likeness (QED) is 0.0204.